The molecule has 0 unspecified atom stereocenters. The van der Waals surface area contributed by atoms with Gasteiger partial charge in [0, 0.05) is 30.6 Å². The minimum Gasteiger partial charge on any atom is -0.419 e. The van der Waals surface area contributed by atoms with Crippen molar-refractivity contribution in [3.8, 4) is 17.8 Å². The van der Waals surface area contributed by atoms with Crippen LogP contribution in [0.2, 0.25) is 0 Å². The Kier molecular flexibility index (Phi) is 9.87. The van der Waals surface area contributed by atoms with Crippen LogP contribution in [0.5, 0.6) is 11.8 Å². The number of amides is 2. The van der Waals surface area contributed by atoms with E-state index in [0.717, 1.165) is 16.8 Å². The molecule has 0 fully saturated rings. The second kappa shape index (κ2) is 13.1. The van der Waals surface area contributed by atoms with E-state index < -0.39 is 23.6 Å². The number of aryl methyl sites for hydroxylation is 1. The molecule has 0 aliphatic carbocycles. The summed E-state index contributed by atoms with van der Waals surface area (Å²) in [6, 6.07) is 7.60. The fourth-order valence-corrected chi connectivity index (χ4v) is 3.70. The Morgan fingerprint density at radius 3 is 2.48 bits per heavy atom. The summed E-state index contributed by atoms with van der Waals surface area (Å²) >= 11 is 6.25. The van der Waals surface area contributed by atoms with E-state index in [-0.39, 0.29) is 51.2 Å². The molecule has 2 aromatic heterocycles. The molecule has 218 valence electrons. The lowest BCUT2D eigenvalue weighted by Crippen LogP contribution is -2.31. The van der Waals surface area contributed by atoms with E-state index in [2.05, 4.69) is 32.3 Å². The van der Waals surface area contributed by atoms with Crippen LogP contribution in [0.1, 0.15) is 58.3 Å². The number of hydrogen-bond donors (Lipinski definition) is 2. The zero-order valence-corrected chi connectivity index (χ0v) is 23.6. The van der Waals surface area contributed by atoms with Gasteiger partial charge in [-0.25, -0.2) is 14.7 Å². The van der Waals surface area contributed by atoms with Gasteiger partial charge in [0.1, 0.15) is 5.69 Å². The summed E-state index contributed by atoms with van der Waals surface area (Å²) in [7, 11) is 0. The largest absolute Gasteiger partial charge is 0.419 e. The Hall–Kier alpha value is -4.96. The van der Waals surface area contributed by atoms with Crippen molar-refractivity contribution in [1.82, 2.24) is 20.1 Å². The number of carbonyl (C=O) groups excluding carboxylic acids is 2. The monoisotopic (exact) mass is 599 g/mol. The third-order valence-corrected chi connectivity index (χ3v) is 5.54. The first-order valence-corrected chi connectivity index (χ1v) is 12.6. The van der Waals surface area contributed by atoms with Gasteiger partial charge in [0.15, 0.2) is 5.82 Å². The number of nitrogens with zero attached hydrogens (tertiary/aromatic N) is 5. The number of pyridine rings is 1. The van der Waals surface area contributed by atoms with Gasteiger partial charge in [-0.3, -0.25) is 9.59 Å². The van der Waals surface area contributed by atoms with E-state index in [0.29, 0.717) is 11.8 Å². The molecule has 0 saturated heterocycles. The minimum atomic E-state index is -4.59. The molecule has 1 aromatic carbocycles. The Balaban J connectivity index is 2.10. The number of aromatic nitrogens is 3. The molecule has 3 aromatic rings. The van der Waals surface area contributed by atoms with Gasteiger partial charge in [-0.15, -0.1) is 5.10 Å². The maximum Gasteiger partial charge on any atom is 0.417 e. The second-order valence-electron chi connectivity index (χ2n) is 9.05. The summed E-state index contributed by atoms with van der Waals surface area (Å²) in [5, 5.41) is 19.2. The van der Waals surface area contributed by atoms with Crippen molar-refractivity contribution >= 4 is 41.1 Å². The maximum atomic E-state index is 13.7. The molecule has 10 nitrogen and oxygen atoms in total. The zero-order valence-electron chi connectivity index (χ0n) is 22.9. The number of rotatable bonds is 9. The first kappa shape index (κ1) is 31.6. The van der Waals surface area contributed by atoms with Crippen molar-refractivity contribution in [3.05, 3.63) is 82.2 Å². The van der Waals surface area contributed by atoms with Gasteiger partial charge in [0.05, 0.1) is 33.5 Å². The summed E-state index contributed by atoms with van der Waals surface area (Å²) in [6.45, 7) is 10.2. The van der Waals surface area contributed by atoms with Crippen molar-refractivity contribution in [3.63, 3.8) is 0 Å². The summed E-state index contributed by atoms with van der Waals surface area (Å²) in [4.78, 5) is 34.4. The van der Waals surface area contributed by atoms with Crippen LogP contribution in [-0.4, -0.2) is 38.8 Å². The zero-order chi connectivity index (χ0) is 31.2. The second-order valence-corrected chi connectivity index (χ2v) is 9.61. The first-order chi connectivity index (χ1) is 19.7. The SMILES string of the molecule is C=C/C=N\C(=C(/C)Cl)n1nc(Oc2ccc(C(F)(F)F)cn2)cc1C(=O)Nc1c(C)cc(C#N)cc1C(=O)NC(C)C. The van der Waals surface area contributed by atoms with Gasteiger partial charge in [0.2, 0.25) is 11.8 Å². The highest BCUT2D eigenvalue weighted by Gasteiger charge is 2.31. The van der Waals surface area contributed by atoms with Crippen LogP contribution in [0.15, 0.2) is 59.2 Å². The number of ether oxygens (including phenoxy) is 1. The highest BCUT2D eigenvalue weighted by Crippen LogP contribution is 2.31. The number of nitriles is 1. The number of anilines is 1. The standard InChI is InChI=1S/C28H25ClF3N7O3/c1-6-9-34-25(17(5)29)39-21(12-23(38-39)42-22-8-7-19(14-35-22)28(30,31)32)27(41)37-24-16(4)10-18(13-33)11-20(24)26(40)36-15(2)3/h6-12,14-15H,1H2,2-5H3,(H,36,40)(H,37,41)/b25-17-,34-9-. The van der Waals surface area contributed by atoms with Crippen molar-refractivity contribution in [2.75, 3.05) is 5.32 Å². The normalized spacial score (nSPS) is 12.1. The van der Waals surface area contributed by atoms with E-state index in [1.165, 1.54) is 37.4 Å². The fraction of sp³-hybridized carbons (Fsp3) is 0.214. The highest BCUT2D eigenvalue weighted by atomic mass is 35.5. The quantitative estimate of drug-likeness (QED) is 0.277. The Labute approximate surface area is 244 Å². The number of nitrogens with one attached hydrogen (secondary N) is 2. The lowest BCUT2D eigenvalue weighted by Gasteiger charge is -2.16. The summed E-state index contributed by atoms with van der Waals surface area (Å²) in [5.74, 6) is -1.72. The molecule has 0 aliphatic heterocycles. The van der Waals surface area contributed by atoms with E-state index in [9.17, 15) is 28.0 Å². The van der Waals surface area contributed by atoms with Gasteiger partial charge >= 0.3 is 6.18 Å². The molecule has 0 spiro atoms. The van der Waals surface area contributed by atoms with Crippen molar-refractivity contribution in [1.29, 1.82) is 5.26 Å². The van der Waals surface area contributed by atoms with Gasteiger partial charge in [-0.2, -0.15) is 18.4 Å². The van der Waals surface area contributed by atoms with Crippen LogP contribution in [0.25, 0.3) is 5.82 Å². The van der Waals surface area contributed by atoms with Gasteiger partial charge < -0.3 is 15.4 Å². The number of carbonyl (C=O) groups is 2. The van der Waals surface area contributed by atoms with Gasteiger partial charge in [-0.05, 0) is 51.5 Å². The minimum absolute atomic E-state index is 0.00581. The van der Waals surface area contributed by atoms with Crippen LogP contribution in [0.3, 0.4) is 0 Å². The number of aliphatic imine (C=N–C) groups is 1. The molecule has 0 radical (unpaired) electrons. The number of benzene rings is 1. The van der Waals surface area contributed by atoms with Crippen LogP contribution in [-0.2, 0) is 6.18 Å². The predicted molar refractivity (Wildman–Crippen MR) is 151 cm³/mol. The molecular formula is C28H25ClF3N7O3. The van der Waals surface area contributed by atoms with Crippen molar-refractivity contribution < 1.29 is 27.5 Å². The highest BCUT2D eigenvalue weighted by molar-refractivity contribution is 6.31. The van der Waals surface area contributed by atoms with Gasteiger partial charge in [-0.1, -0.05) is 24.3 Å². The number of hydrogen-bond acceptors (Lipinski definition) is 7. The average Bonchev–Trinajstić information content (AvgIpc) is 3.32. The van der Waals surface area contributed by atoms with E-state index in [4.69, 9.17) is 16.3 Å². The Morgan fingerprint density at radius 2 is 1.93 bits per heavy atom. The van der Waals surface area contributed by atoms with Crippen molar-refractivity contribution in [2.45, 2.75) is 39.9 Å². The lowest BCUT2D eigenvalue weighted by atomic mass is 10.0. The van der Waals surface area contributed by atoms with E-state index >= 15 is 0 Å². The number of alkyl halides is 3. The molecule has 0 bridgehead atoms. The molecule has 42 heavy (non-hydrogen) atoms. The topological polar surface area (TPSA) is 134 Å². The van der Waals surface area contributed by atoms with Crippen molar-refractivity contribution in [2.24, 2.45) is 4.99 Å². The van der Waals surface area contributed by atoms with Crippen LogP contribution in [0, 0.1) is 18.3 Å². The molecule has 0 saturated carbocycles. The van der Waals surface area contributed by atoms with Gasteiger partial charge in [0.25, 0.3) is 11.8 Å². The molecule has 0 aliphatic rings. The number of allylic oxidation sites excluding steroid dienone is 2. The molecular weight excluding hydrogens is 575 g/mol. The van der Waals surface area contributed by atoms with Crippen LogP contribution in [0.4, 0.5) is 18.9 Å². The fourth-order valence-electron chi connectivity index (χ4n) is 3.58. The summed E-state index contributed by atoms with van der Waals surface area (Å²) in [6.07, 6.45) is -1.32. The maximum absolute atomic E-state index is 13.7. The molecule has 0 atom stereocenters. The first-order valence-electron chi connectivity index (χ1n) is 12.2. The van der Waals surface area contributed by atoms with E-state index in [1.54, 1.807) is 20.8 Å². The third kappa shape index (κ3) is 7.61. The van der Waals surface area contributed by atoms with Crippen LogP contribution >= 0.6 is 11.6 Å². The Morgan fingerprint density at radius 1 is 1.21 bits per heavy atom. The average molecular weight is 600 g/mol. The smallest absolute Gasteiger partial charge is 0.417 e. The summed E-state index contributed by atoms with van der Waals surface area (Å²) in [5.41, 5.74) is -0.296. The predicted octanol–water partition coefficient (Wildman–Crippen LogP) is 6.30. The lowest BCUT2D eigenvalue weighted by molar-refractivity contribution is -0.137. The molecule has 14 heteroatoms. The van der Waals surface area contributed by atoms with Crippen LogP contribution < -0.4 is 15.4 Å². The number of halogens is 4. The third-order valence-electron chi connectivity index (χ3n) is 5.37. The Bertz CT molecular complexity index is 1620. The van der Waals surface area contributed by atoms with E-state index in [1.807, 2.05) is 6.07 Å². The summed E-state index contributed by atoms with van der Waals surface area (Å²) < 4.78 is 45.4. The molecule has 2 heterocycles. The molecule has 2 amide bonds. The molecule has 3 rings (SSSR count). The molecule has 2 N–H and O–H groups in total.